The molecule has 5 N–H and O–H groups in total. The molecule has 0 saturated heterocycles. The third kappa shape index (κ3) is 2.21. The molecule has 0 spiro atoms. The topological polar surface area (TPSA) is 77.0 Å². The first-order valence-corrected chi connectivity index (χ1v) is 4.63. The molecule has 0 aliphatic carbocycles. The van der Waals surface area contributed by atoms with Crippen LogP contribution in [0.3, 0.4) is 0 Å². The molecule has 1 unspecified atom stereocenters. The van der Waals surface area contributed by atoms with Gasteiger partial charge >= 0.3 is 0 Å². The molecule has 1 aromatic heterocycles. The third-order valence-electron chi connectivity index (χ3n) is 2.21. The Morgan fingerprint density at radius 2 is 2.07 bits per heavy atom. The fourth-order valence-electron chi connectivity index (χ4n) is 1.48. The van der Waals surface area contributed by atoms with Crippen molar-refractivity contribution in [3.05, 3.63) is 23.9 Å². The maximum absolute atomic E-state index is 5.79. The number of pyridine rings is 1. The monoisotopic (exact) mass is 194 g/mol. The lowest BCUT2D eigenvalue weighted by molar-refractivity contribution is 0.276. The molecule has 0 radical (unpaired) electrons. The van der Waals surface area contributed by atoms with Crippen molar-refractivity contribution in [3.8, 4) is 0 Å². The number of rotatable bonds is 2. The van der Waals surface area contributed by atoms with Gasteiger partial charge in [0.1, 0.15) is 5.82 Å². The van der Waals surface area contributed by atoms with E-state index in [4.69, 9.17) is 11.6 Å². The molecular formula is C10H18N4. The van der Waals surface area contributed by atoms with Gasteiger partial charge in [-0.2, -0.15) is 0 Å². The molecule has 1 rings (SSSR count). The summed E-state index contributed by atoms with van der Waals surface area (Å²) in [5.74, 6) is 6.06. The van der Waals surface area contributed by atoms with Crippen LogP contribution in [0.15, 0.2) is 18.3 Å². The first-order valence-electron chi connectivity index (χ1n) is 4.63. The smallest absolute Gasteiger partial charge is 0.128 e. The van der Waals surface area contributed by atoms with Crippen LogP contribution in [-0.4, -0.2) is 4.98 Å². The van der Waals surface area contributed by atoms with E-state index in [1.807, 2.05) is 12.1 Å². The van der Waals surface area contributed by atoms with Gasteiger partial charge in [0.15, 0.2) is 0 Å². The summed E-state index contributed by atoms with van der Waals surface area (Å²) in [5.41, 5.74) is 9.52. The summed E-state index contributed by atoms with van der Waals surface area (Å²) in [5, 5.41) is 0. The molecule has 14 heavy (non-hydrogen) atoms. The number of nitrogens with zero attached hydrogens (tertiary/aromatic N) is 1. The molecule has 0 fully saturated rings. The summed E-state index contributed by atoms with van der Waals surface area (Å²) < 4.78 is 0. The van der Waals surface area contributed by atoms with Crippen molar-refractivity contribution in [1.29, 1.82) is 0 Å². The van der Waals surface area contributed by atoms with Gasteiger partial charge in [-0.1, -0.05) is 26.8 Å². The zero-order valence-corrected chi connectivity index (χ0v) is 8.91. The number of nitrogen functional groups attached to an aromatic ring is 1. The Bertz CT molecular complexity index is 303. The Kier molecular flexibility index (Phi) is 3.08. The first kappa shape index (κ1) is 10.9. The summed E-state index contributed by atoms with van der Waals surface area (Å²) in [4.78, 5) is 4.04. The quantitative estimate of drug-likeness (QED) is 0.488. The van der Waals surface area contributed by atoms with Gasteiger partial charge in [-0.3, -0.25) is 11.3 Å². The highest BCUT2D eigenvalue weighted by atomic mass is 15.2. The predicted octanol–water partition coefficient (Wildman–Crippen LogP) is 1.21. The minimum atomic E-state index is 0.00586. The Balaban J connectivity index is 3.08. The summed E-state index contributed by atoms with van der Waals surface area (Å²) in [6, 6.07) is 3.82. The molecule has 1 atom stereocenters. The van der Waals surface area contributed by atoms with Gasteiger partial charge in [-0.15, -0.1) is 0 Å². The number of anilines is 1. The highest BCUT2D eigenvalue weighted by Gasteiger charge is 2.26. The van der Waals surface area contributed by atoms with Crippen LogP contribution in [0, 0.1) is 5.41 Å². The molecule has 0 aliphatic rings. The van der Waals surface area contributed by atoms with Crippen LogP contribution in [0.25, 0.3) is 0 Å². The van der Waals surface area contributed by atoms with Crippen molar-refractivity contribution in [2.45, 2.75) is 26.8 Å². The van der Waals surface area contributed by atoms with E-state index in [-0.39, 0.29) is 11.5 Å². The molecule has 0 aliphatic heterocycles. The normalized spacial score (nSPS) is 14.0. The lowest BCUT2D eigenvalue weighted by Gasteiger charge is -2.30. The van der Waals surface area contributed by atoms with Crippen molar-refractivity contribution < 1.29 is 0 Å². The lowest BCUT2D eigenvalue weighted by atomic mass is 9.83. The van der Waals surface area contributed by atoms with E-state index in [9.17, 15) is 0 Å². The van der Waals surface area contributed by atoms with Crippen LogP contribution < -0.4 is 17.0 Å². The molecule has 4 heteroatoms. The average molecular weight is 194 g/mol. The molecular weight excluding hydrogens is 176 g/mol. The molecule has 4 nitrogen and oxygen atoms in total. The molecule has 0 saturated carbocycles. The van der Waals surface area contributed by atoms with Crippen molar-refractivity contribution in [2.75, 3.05) is 5.73 Å². The van der Waals surface area contributed by atoms with Gasteiger partial charge in [0.25, 0.3) is 0 Å². The largest absolute Gasteiger partial charge is 0.383 e. The van der Waals surface area contributed by atoms with E-state index >= 15 is 0 Å². The zero-order chi connectivity index (χ0) is 10.8. The van der Waals surface area contributed by atoms with Crippen LogP contribution in [-0.2, 0) is 0 Å². The Hall–Kier alpha value is -1.13. The predicted molar refractivity (Wildman–Crippen MR) is 58.2 cm³/mol. The van der Waals surface area contributed by atoms with Crippen molar-refractivity contribution >= 4 is 5.82 Å². The molecule has 0 amide bonds. The Morgan fingerprint density at radius 3 is 2.50 bits per heavy atom. The van der Waals surface area contributed by atoms with Crippen LogP contribution >= 0.6 is 0 Å². The van der Waals surface area contributed by atoms with E-state index in [2.05, 4.69) is 31.2 Å². The van der Waals surface area contributed by atoms with Crippen LogP contribution in [0.2, 0.25) is 0 Å². The van der Waals surface area contributed by atoms with Crippen molar-refractivity contribution in [1.82, 2.24) is 10.4 Å². The van der Waals surface area contributed by atoms with Crippen molar-refractivity contribution in [3.63, 3.8) is 0 Å². The maximum Gasteiger partial charge on any atom is 0.128 e. The number of aromatic nitrogens is 1. The molecule has 0 bridgehead atoms. The van der Waals surface area contributed by atoms with E-state index in [1.165, 1.54) is 0 Å². The SMILES string of the molecule is CC(C)(C)C(NN)c1cccnc1N. The minimum Gasteiger partial charge on any atom is -0.383 e. The number of hydrogen-bond acceptors (Lipinski definition) is 4. The van der Waals surface area contributed by atoms with Crippen LogP contribution in [0.5, 0.6) is 0 Å². The van der Waals surface area contributed by atoms with Crippen molar-refractivity contribution in [2.24, 2.45) is 11.3 Å². The number of hydrogen-bond donors (Lipinski definition) is 3. The van der Waals surface area contributed by atoms with Gasteiger partial charge < -0.3 is 5.73 Å². The van der Waals surface area contributed by atoms with Crippen LogP contribution in [0.4, 0.5) is 5.82 Å². The first-order chi connectivity index (χ1) is 6.46. The maximum atomic E-state index is 5.79. The van der Waals surface area contributed by atoms with Gasteiger partial charge in [0, 0.05) is 11.8 Å². The number of hydrazine groups is 1. The van der Waals surface area contributed by atoms with E-state index in [0.29, 0.717) is 5.82 Å². The van der Waals surface area contributed by atoms with Gasteiger partial charge in [-0.05, 0) is 11.5 Å². The Morgan fingerprint density at radius 1 is 1.43 bits per heavy atom. The lowest BCUT2D eigenvalue weighted by Crippen LogP contribution is -2.37. The van der Waals surface area contributed by atoms with Gasteiger partial charge in [-0.25, -0.2) is 4.98 Å². The second-order valence-electron chi connectivity index (χ2n) is 4.44. The molecule has 1 aromatic rings. The second-order valence-corrected chi connectivity index (χ2v) is 4.44. The Labute approximate surface area is 84.7 Å². The fraction of sp³-hybridized carbons (Fsp3) is 0.500. The summed E-state index contributed by atoms with van der Waals surface area (Å²) >= 11 is 0. The summed E-state index contributed by atoms with van der Waals surface area (Å²) in [6.07, 6.45) is 1.68. The molecule has 1 heterocycles. The standard InChI is InChI=1S/C10H18N4/c1-10(2,3)8(14-12)7-5-4-6-13-9(7)11/h4-6,8,14H,12H2,1-3H3,(H2,11,13). The van der Waals surface area contributed by atoms with E-state index in [0.717, 1.165) is 5.56 Å². The van der Waals surface area contributed by atoms with Crippen LogP contribution in [0.1, 0.15) is 32.4 Å². The fourth-order valence-corrected chi connectivity index (χ4v) is 1.48. The minimum absolute atomic E-state index is 0.00586. The number of nitrogens with one attached hydrogen (secondary N) is 1. The summed E-state index contributed by atoms with van der Waals surface area (Å²) in [6.45, 7) is 6.30. The highest BCUT2D eigenvalue weighted by molar-refractivity contribution is 5.41. The average Bonchev–Trinajstić information content (AvgIpc) is 2.07. The number of nitrogens with two attached hydrogens (primary N) is 2. The van der Waals surface area contributed by atoms with E-state index in [1.54, 1.807) is 6.20 Å². The third-order valence-corrected chi connectivity index (χ3v) is 2.21. The highest BCUT2D eigenvalue weighted by Crippen LogP contribution is 2.33. The van der Waals surface area contributed by atoms with E-state index < -0.39 is 0 Å². The zero-order valence-electron chi connectivity index (χ0n) is 8.91. The second kappa shape index (κ2) is 3.94. The molecule has 78 valence electrons. The van der Waals surface area contributed by atoms with Gasteiger partial charge in [0.2, 0.25) is 0 Å². The van der Waals surface area contributed by atoms with Gasteiger partial charge in [0.05, 0.1) is 6.04 Å². The summed E-state index contributed by atoms with van der Waals surface area (Å²) in [7, 11) is 0. The molecule has 0 aromatic carbocycles.